The summed E-state index contributed by atoms with van der Waals surface area (Å²) in [7, 11) is 0. The molecule has 3 nitrogen and oxygen atoms in total. The zero-order valence-corrected chi connectivity index (χ0v) is 13.4. The van der Waals surface area contributed by atoms with Gasteiger partial charge in [0.05, 0.1) is 17.9 Å². The van der Waals surface area contributed by atoms with Crippen LogP contribution in [0.3, 0.4) is 0 Å². The first-order chi connectivity index (χ1) is 9.66. The Morgan fingerprint density at radius 2 is 2.00 bits per heavy atom. The van der Waals surface area contributed by atoms with Gasteiger partial charge in [-0.2, -0.15) is 5.26 Å². The van der Waals surface area contributed by atoms with Crippen molar-refractivity contribution in [2.45, 2.75) is 38.5 Å². The minimum atomic E-state index is -0.110. The number of thioether (sulfide) groups is 1. The standard InChI is InChI=1S/C16H24N2OS/c1-4-16(5-2,12-19)11-18-14-8-7-9-15(20-6-3)13(14)10-17/h7-9,18-19H,4-6,11-12H2,1-3H3. The third-order valence-electron chi connectivity index (χ3n) is 3.93. The van der Waals surface area contributed by atoms with Gasteiger partial charge in [-0.25, -0.2) is 0 Å². The molecule has 0 aliphatic rings. The first-order valence-corrected chi connectivity index (χ1v) is 8.15. The van der Waals surface area contributed by atoms with Crippen molar-refractivity contribution in [2.24, 2.45) is 5.41 Å². The Morgan fingerprint density at radius 1 is 1.30 bits per heavy atom. The average Bonchev–Trinajstić information content (AvgIpc) is 2.50. The SMILES string of the molecule is CCSc1cccc(NCC(CC)(CC)CO)c1C#N. The van der Waals surface area contributed by atoms with Gasteiger partial charge in [-0.3, -0.25) is 0 Å². The van der Waals surface area contributed by atoms with E-state index in [9.17, 15) is 10.4 Å². The summed E-state index contributed by atoms with van der Waals surface area (Å²) in [5, 5.41) is 22.3. The normalized spacial score (nSPS) is 11.2. The fourth-order valence-electron chi connectivity index (χ4n) is 2.13. The van der Waals surface area contributed by atoms with Crippen LogP contribution in [0.15, 0.2) is 23.1 Å². The van der Waals surface area contributed by atoms with E-state index in [1.54, 1.807) is 11.8 Å². The van der Waals surface area contributed by atoms with Crippen molar-refractivity contribution >= 4 is 17.4 Å². The second-order valence-corrected chi connectivity index (χ2v) is 6.25. The maximum absolute atomic E-state index is 9.61. The van der Waals surface area contributed by atoms with Crippen molar-refractivity contribution in [2.75, 3.05) is 24.2 Å². The highest BCUT2D eigenvalue weighted by Crippen LogP contribution is 2.30. The number of aliphatic hydroxyl groups excluding tert-OH is 1. The van der Waals surface area contributed by atoms with Gasteiger partial charge in [-0.05, 0) is 30.7 Å². The number of anilines is 1. The summed E-state index contributed by atoms with van der Waals surface area (Å²) in [5.74, 6) is 0.947. The van der Waals surface area contributed by atoms with E-state index in [1.165, 1.54) is 0 Å². The second kappa shape index (κ2) is 8.18. The Hall–Kier alpha value is -1.18. The highest BCUT2D eigenvalue weighted by atomic mass is 32.2. The van der Waals surface area contributed by atoms with Crippen LogP contribution in [0.5, 0.6) is 0 Å². The van der Waals surface area contributed by atoms with Gasteiger partial charge in [0.15, 0.2) is 0 Å². The smallest absolute Gasteiger partial charge is 0.102 e. The van der Waals surface area contributed by atoms with Crippen molar-refractivity contribution in [3.05, 3.63) is 23.8 Å². The van der Waals surface area contributed by atoms with Crippen molar-refractivity contribution in [1.82, 2.24) is 0 Å². The lowest BCUT2D eigenvalue weighted by Gasteiger charge is -2.30. The predicted molar refractivity (Wildman–Crippen MR) is 86.1 cm³/mol. The first kappa shape index (κ1) is 16.9. The number of aliphatic hydroxyl groups is 1. The topological polar surface area (TPSA) is 56.0 Å². The Labute approximate surface area is 126 Å². The predicted octanol–water partition coefficient (Wildman–Crippen LogP) is 3.88. The molecule has 0 aliphatic carbocycles. The fraction of sp³-hybridized carbons (Fsp3) is 0.562. The summed E-state index contributed by atoms with van der Waals surface area (Å²) in [6, 6.07) is 8.18. The molecule has 20 heavy (non-hydrogen) atoms. The van der Waals surface area contributed by atoms with Gasteiger partial charge in [0.1, 0.15) is 6.07 Å². The number of benzene rings is 1. The largest absolute Gasteiger partial charge is 0.396 e. The van der Waals surface area contributed by atoms with E-state index < -0.39 is 0 Å². The van der Waals surface area contributed by atoms with Crippen LogP contribution >= 0.6 is 11.8 Å². The molecular weight excluding hydrogens is 268 g/mol. The molecule has 1 aromatic carbocycles. The van der Waals surface area contributed by atoms with Gasteiger partial charge in [-0.1, -0.05) is 26.8 Å². The van der Waals surface area contributed by atoms with Crippen LogP contribution in [0, 0.1) is 16.7 Å². The molecule has 0 bridgehead atoms. The van der Waals surface area contributed by atoms with Gasteiger partial charge >= 0.3 is 0 Å². The molecule has 1 aromatic rings. The Bertz CT molecular complexity index is 456. The quantitative estimate of drug-likeness (QED) is 0.714. The molecule has 0 saturated carbocycles. The molecular formula is C16H24N2OS. The Balaban J connectivity index is 2.93. The fourth-order valence-corrected chi connectivity index (χ4v) is 2.92. The van der Waals surface area contributed by atoms with Crippen molar-refractivity contribution < 1.29 is 5.11 Å². The molecule has 0 aromatic heterocycles. The number of nitrogens with zero attached hydrogens (tertiary/aromatic N) is 1. The molecule has 0 unspecified atom stereocenters. The molecule has 1 rings (SSSR count). The number of hydrogen-bond donors (Lipinski definition) is 2. The highest BCUT2D eigenvalue weighted by Gasteiger charge is 2.25. The molecule has 0 radical (unpaired) electrons. The van der Waals surface area contributed by atoms with Gasteiger partial charge in [-0.15, -0.1) is 11.8 Å². The van der Waals surface area contributed by atoms with E-state index in [1.807, 2.05) is 18.2 Å². The van der Waals surface area contributed by atoms with E-state index in [0.29, 0.717) is 12.1 Å². The van der Waals surface area contributed by atoms with Crippen LogP contribution in [-0.4, -0.2) is 24.0 Å². The lowest BCUT2D eigenvalue weighted by molar-refractivity contribution is 0.127. The van der Waals surface area contributed by atoms with Crippen molar-refractivity contribution in [1.29, 1.82) is 5.26 Å². The molecule has 0 spiro atoms. The average molecular weight is 292 g/mol. The summed E-state index contributed by atoms with van der Waals surface area (Å²) in [6.45, 7) is 7.12. The molecule has 0 heterocycles. The molecule has 0 saturated heterocycles. The minimum Gasteiger partial charge on any atom is -0.396 e. The van der Waals surface area contributed by atoms with E-state index in [-0.39, 0.29) is 12.0 Å². The number of nitriles is 1. The Kier molecular flexibility index (Phi) is 6.90. The third-order valence-corrected chi connectivity index (χ3v) is 4.87. The molecule has 0 aliphatic heterocycles. The number of rotatable bonds is 8. The summed E-state index contributed by atoms with van der Waals surface area (Å²) >= 11 is 1.68. The summed E-state index contributed by atoms with van der Waals surface area (Å²) < 4.78 is 0. The Morgan fingerprint density at radius 3 is 2.50 bits per heavy atom. The summed E-state index contributed by atoms with van der Waals surface area (Å²) in [5.41, 5.74) is 1.46. The van der Waals surface area contributed by atoms with Gasteiger partial charge < -0.3 is 10.4 Å². The lowest BCUT2D eigenvalue weighted by atomic mass is 9.83. The zero-order chi connectivity index (χ0) is 15.0. The number of nitrogens with one attached hydrogen (secondary N) is 1. The highest BCUT2D eigenvalue weighted by molar-refractivity contribution is 7.99. The number of hydrogen-bond acceptors (Lipinski definition) is 4. The van der Waals surface area contributed by atoms with Crippen LogP contribution < -0.4 is 5.32 Å². The van der Waals surface area contributed by atoms with Crippen LogP contribution in [0.25, 0.3) is 0 Å². The van der Waals surface area contributed by atoms with Crippen LogP contribution in [-0.2, 0) is 0 Å². The van der Waals surface area contributed by atoms with E-state index >= 15 is 0 Å². The molecule has 0 atom stereocenters. The van der Waals surface area contributed by atoms with E-state index in [0.717, 1.165) is 29.2 Å². The maximum Gasteiger partial charge on any atom is 0.102 e. The molecule has 0 amide bonds. The van der Waals surface area contributed by atoms with Gasteiger partial charge in [0.25, 0.3) is 0 Å². The van der Waals surface area contributed by atoms with Crippen LogP contribution in [0.1, 0.15) is 39.2 Å². The molecule has 2 N–H and O–H groups in total. The van der Waals surface area contributed by atoms with Gasteiger partial charge in [0.2, 0.25) is 0 Å². The van der Waals surface area contributed by atoms with E-state index in [4.69, 9.17) is 0 Å². The summed E-state index contributed by atoms with van der Waals surface area (Å²) in [4.78, 5) is 1.02. The zero-order valence-electron chi connectivity index (χ0n) is 12.6. The van der Waals surface area contributed by atoms with Crippen LogP contribution in [0.4, 0.5) is 5.69 Å². The minimum absolute atomic E-state index is 0.110. The molecule has 0 fully saturated rings. The second-order valence-electron chi connectivity index (χ2n) is 4.94. The lowest BCUT2D eigenvalue weighted by Crippen LogP contribution is -2.32. The monoisotopic (exact) mass is 292 g/mol. The van der Waals surface area contributed by atoms with E-state index in [2.05, 4.69) is 32.2 Å². The van der Waals surface area contributed by atoms with Gasteiger partial charge in [0, 0.05) is 16.9 Å². The maximum atomic E-state index is 9.61. The van der Waals surface area contributed by atoms with Crippen molar-refractivity contribution in [3.8, 4) is 6.07 Å². The van der Waals surface area contributed by atoms with Crippen molar-refractivity contribution in [3.63, 3.8) is 0 Å². The molecule has 4 heteroatoms. The first-order valence-electron chi connectivity index (χ1n) is 7.17. The summed E-state index contributed by atoms with van der Waals surface area (Å²) in [6.07, 6.45) is 1.83. The molecule has 110 valence electrons. The van der Waals surface area contributed by atoms with Crippen LogP contribution in [0.2, 0.25) is 0 Å². The third kappa shape index (κ3) is 3.91.